The molecule has 1 heterocycles. The predicted molar refractivity (Wildman–Crippen MR) is 119 cm³/mol. The minimum Gasteiger partial charge on any atom is -0.497 e. The zero-order chi connectivity index (χ0) is 22.1. The molecule has 0 saturated carbocycles. The molecular weight excluding hydrogens is 396 g/mol. The third-order valence-electron chi connectivity index (χ3n) is 5.47. The summed E-state index contributed by atoms with van der Waals surface area (Å²) >= 11 is 0. The van der Waals surface area contributed by atoms with Crippen LogP contribution in [0.4, 0.5) is 0 Å². The van der Waals surface area contributed by atoms with E-state index in [4.69, 9.17) is 18.9 Å². The monoisotopic (exact) mass is 428 g/mol. The first-order chi connectivity index (χ1) is 15.1. The number of hydrogen-bond donors (Lipinski definition) is 0. The lowest BCUT2D eigenvalue weighted by Gasteiger charge is -2.35. The molecule has 1 aliphatic heterocycles. The van der Waals surface area contributed by atoms with Crippen LogP contribution in [0, 0.1) is 0 Å². The molecule has 1 aliphatic rings. The Bertz CT molecular complexity index is 832. The summed E-state index contributed by atoms with van der Waals surface area (Å²) in [5.41, 5.74) is 1.09. The SMILES string of the molecule is COc1ccc(OCCCC(=O)N2CCN(Cc3cc(OC)ccc3OC)CC2)cc1. The van der Waals surface area contributed by atoms with Crippen molar-refractivity contribution in [1.82, 2.24) is 9.80 Å². The van der Waals surface area contributed by atoms with Gasteiger partial charge in [0.05, 0.1) is 27.9 Å². The van der Waals surface area contributed by atoms with E-state index in [1.54, 1.807) is 21.3 Å². The first kappa shape index (κ1) is 22.7. The highest BCUT2D eigenvalue weighted by atomic mass is 16.5. The molecule has 3 rings (SSSR count). The molecule has 1 saturated heterocycles. The average Bonchev–Trinajstić information content (AvgIpc) is 2.82. The summed E-state index contributed by atoms with van der Waals surface area (Å²) in [5, 5.41) is 0. The highest BCUT2D eigenvalue weighted by molar-refractivity contribution is 5.76. The maximum atomic E-state index is 12.5. The number of rotatable bonds is 10. The molecule has 0 atom stereocenters. The van der Waals surface area contributed by atoms with Gasteiger partial charge in [-0.3, -0.25) is 9.69 Å². The van der Waals surface area contributed by atoms with Crippen LogP contribution >= 0.6 is 0 Å². The molecule has 7 heteroatoms. The lowest BCUT2D eigenvalue weighted by Crippen LogP contribution is -2.48. The molecule has 1 amide bonds. The molecule has 31 heavy (non-hydrogen) atoms. The highest BCUT2D eigenvalue weighted by Crippen LogP contribution is 2.25. The number of nitrogens with zero attached hydrogens (tertiary/aromatic N) is 2. The van der Waals surface area contributed by atoms with Crippen LogP contribution in [0.2, 0.25) is 0 Å². The molecule has 0 spiro atoms. The molecule has 0 radical (unpaired) electrons. The predicted octanol–water partition coefficient (Wildman–Crippen LogP) is 3.22. The van der Waals surface area contributed by atoms with Crippen molar-refractivity contribution in [3.05, 3.63) is 48.0 Å². The standard InChI is InChI=1S/C24H32N2O5/c1-28-20-6-8-21(9-7-20)31-16-4-5-24(27)26-14-12-25(13-15-26)18-19-17-22(29-2)10-11-23(19)30-3/h6-11,17H,4-5,12-16,18H2,1-3H3. The van der Waals surface area contributed by atoms with Gasteiger partial charge in [-0.05, 0) is 48.9 Å². The van der Waals surface area contributed by atoms with Gasteiger partial charge in [0.25, 0.3) is 0 Å². The summed E-state index contributed by atoms with van der Waals surface area (Å²) < 4.78 is 21.7. The molecule has 1 fully saturated rings. The molecule has 2 aromatic rings. The lowest BCUT2D eigenvalue weighted by atomic mass is 10.1. The molecule has 0 unspecified atom stereocenters. The number of carbonyl (C=O) groups excluding carboxylic acids is 1. The van der Waals surface area contributed by atoms with Crippen LogP contribution in [-0.4, -0.2) is 69.8 Å². The Morgan fingerprint density at radius 2 is 1.48 bits per heavy atom. The summed E-state index contributed by atoms with van der Waals surface area (Å²) in [6, 6.07) is 13.3. The maximum Gasteiger partial charge on any atom is 0.222 e. The second kappa shape index (κ2) is 11.5. The summed E-state index contributed by atoms with van der Waals surface area (Å²) in [6.07, 6.45) is 1.20. The quantitative estimate of drug-likeness (QED) is 0.542. The number of piperazine rings is 1. The van der Waals surface area contributed by atoms with Gasteiger partial charge in [0.2, 0.25) is 5.91 Å². The fraction of sp³-hybridized carbons (Fsp3) is 0.458. The number of amides is 1. The van der Waals surface area contributed by atoms with Crippen LogP contribution in [0.15, 0.2) is 42.5 Å². The van der Waals surface area contributed by atoms with E-state index in [0.29, 0.717) is 19.4 Å². The van der Waals surface area contributed by atoms with Crippen molar-refractivity contribution >= 4 is 5.91 Å². The second-order valence-corrected chi connectivity index (χ2v) is 7.46. The Kier molecular flexibility index (Phi) is 8.41. The molecule has 0 bridgehead atoms. The zero-order valence-corrected chi connectivity index (χ0v) is 18.6. The fourth-order valence-electron chi connectivity index (χ4n) is 3.65. The van der Waals surface area contributed by atoms with Crippen molar-refractivity contribution in [3.63, 3.8) is 0 Å². The first-order valence-corrected chi connectivity index (χ1v) is 10.6. The van der Waals surface area contributed by atoms with Gasteiger partial charge in [-0.25, -0.2) is 0 Å². The van der Waals surface area contributed by atoms with Gasteiger partial charge in [-0.2, -0.15) is 0 Å². The Balaban J connectivity index is 1.38. The van der Waals surface area contributed by atoms with Gasteiger partial charge in [-0.1, -0.05) is 0 Å². The van der Waals surface area contributed by atoms with Crippen LogP contribution in [0.25, 0.3) is 0 Å². The summed E-state index contributed by atoms with van der Waals surface area (Å²) in [7, 11) is 4.98. The van der Waals surface area contributed by atoms with E-state index in [-0.39, 0.29) is 5.91 Å². The van der Waals surface area contributed by atoms with E-state index in [2.05, 4.69) is 4.90 Å². The van der Waals surface area contributed by atoms with Crippen molar-refractivity contribution in [2.24, 2.45) is 0 Å². The summed E-state index contributed by atoms with van der Waals surface area (Å²) in [6.45, 7) is 4.46. The number of benzene rings is 2. The van der Waals surface area contributed by atoms with Crippen molar-refractivity contribution in [2.75, 3.05) is 54.1 Å². The van der Waals surface area contributed by atoms with Crippen LogP contribution in [0.3, 0.4) is 0 Å². The summed E-state index contributed by atoms with van der Waals surface area (Å²) in [4.78, 5) is 16.8. The largest absolute Gasteiger partial charge is 0.497 e. The number of methoxy groups -OCH3 is 3. The van der Waals surface area contributed by atoms with Gasteiger partial charge in [0.15, 0.2) is 0 Å². The molecular formula is C24H32N2O5. The molecule has 0 aliphatic carbocycles. The summed E-state index contributed by atoms with van der Waals surface area (Å²) in [5.74, 6) is 3.45. The minimum absolute atomic E-state index is 0.192. The molecule has 7 nitrogen and oxygen atoms in total. The van der Waals surface area contributed by atoms with Gasteiger partial charge in [-0.15, -0.1) is 0 Å². The van der Waals surface area contributed by atoms with Gasteiger partial charge < -0.3 is 23.8 Å². The van der Waals surface area contributed by atoms with Crippen LogP contribution < -0.4 is 18.9 Å². The van der Waals surface area contributed by atoms with Gasteiger partial charge >= 0.3 is 0 Å². The fourth-order valence-corrected chi connectivity index (χ4v) is 3.65. The first-order valence-electron chi connectivity index (χ1n) is 10.6. The molecule has 168 valence electrons. The zero-order valence-electron chi connectivity index (χ0n) is 18.6. The van der Waals surface area contributed by atoms with Crippen LogP contribution in [0.1, 0.15) is 18.4 Å². The lowest BCUT2D eigenvalue weighted by molar-refractivity contribution is -0.133. The Labute approximate surface area is 184 Å². The van der Waals surface area contributed by atoms with Crippen LogP contribution in [0.5, 0.6) is 23.0 Å². The number of carbonyl (C=O) groups is 1. The topological polar surface area (TPSA) is 60.5 Å². The molecule has 0 aromatic heterocycles. The van der Waals surface area contributed by atoms with E-state index in [9.17, 15) is 4.79 Å². The highest BCUT2D eigenvalue weighted by Gasteiger charge is 2.21. The van der Waals surface area contributed by atoms with Crippen molar-refractivity contribution in [1.29, 1.82) is 0 Å². The second-order valence-electron chi connectivity index (χ2n) is 7.46. The number of hydrogen-bond acceptors (Lipinski definition) is 6. The molecule has 0 N–H and O–H groups in total. The van der Waals surface area contributed by atoms with Crippen molar-refractivity contribution in [2.45, 2.75) is 19.4 Å². The maximum absolute atomic E-state index is 12.5. The van der Waals surface area contributed by atoms with E-state index in [0.717, 1.165) is 61.3 Å². The normalized spacial score (nSPS) is 14.2. The number of ether oxygens (including phenoxy) is 4. The van der Waals surface area contributed by atoms with Crippen molar-refractivity contribution in [3.8, 4) is 23.0 Å². The van der Waals surface area contributed by atoms with Gasteiger partial charge in [0, 0.05) is 44.7 Å². The van der Waals surface area contributed by atoms with E-state index in [1.807, 2.05) is 47.4 Å². The Morgan fingerprint density at radius 1 is 0.839 bits per heavy atom. The van der Waals surface area contributed by atoms with Crippen molar-refractivity contribution < 1.29 is 23.7 Å². The Hall–Kier alpha value is -2.93. The van der Waals surface area contributed by atoms with Gasteiger partial charge in [0.1, 0.15) is 23.0 Å². The van der Waals surface area contributed by atoms with Crippen LogP contribution in [-0.2, 0) is 11.3 Å². The third-order valence-corrected chi connectivity index (χ3v) is 5.47. The minimum atomic E-state index is 0.192. The smallest absolute Gasteiger partial charge is 0.222 e. The Morgan fingerprint density at radius 3 is 2.13 bits per heavy atom. The third kappa shape index (κ3) is 6.52. The average molecular weight is 429 g/mol. The van der Waals surface area contributed by atoms with E-state index in [1.165, 1.54) is 0 Å². The molecule has 2 aromatic carbocycles. The van der Waals surface area contributed by atoms with E-state index < -0.39 is 0 Å². The van der Waals surface area contributed by atoms with E-state index >= 15 is 0 Å².